The highest BCUT2D eigenvalue weighted by Crippen LogP contribution is 2.19. The Morgan fingerprint density at radius 3 is 2.91 bits per heavy atom. The van der Waals surface area contributed by atoms with Gasteiger partial charge in [-0.15, -0.1) is 0 Å². The largest absolute Gasteiger partial charge is 0.370 e. The van der Waals surface area contributed by atoms with Gasteiger partial charge in [-0.1, -0.05) is 24.3 Å². The Hall–Kier alpha value is -2.04. The average molecular weight is 316 g/mol. The summed E-state index contributed by atoms with van der Waals surface area (Å²) < 4.78 is 0. The van der Waals surface area contributed by atoms with Crippen molar-refractivity contribution >= 4 is 11.9 Å². The molecule has 5 heteroatoms. The second-order valence-electron chi connectivity index (χ2n) is 6.28. The molecule has 1 atom stereocenters. The van der Waals surface area contributed by atoms with Gasteiger partial charge in [-0.3, -0.25) is 9.79 Å². The minimum Gasteiger partial charge on any atom is -0.370 e. The van der Waals surface area contributed by atoms with Crippen LogP contribution in [0.5, 0.6) is 0 Å². The maximum absolute atomic E-state index is 11.1. The second kappa shape index (κ2) is 8.56. The molecule has 1 amide bonds. The van der Waals surface area contributed by atoms with E-state index in [4.69, 9.17) is 5.73 Å². The fourth-order valence-electron chi connectivity index (χ4n) is 3.24. The molecule has 1 unspecified atom stereocenters. The van der Waals surface area contributed by atoms with Crippen LogP contribution in [0.25, 0.3) is 0 Å². The van der Waals surface area contributed by atoms with Gasteiger partial charge in [-0.25, -0.2) is 0 Å². The Kier molecular flexibility index (Phi) is 6.44. The number of nitrogens with zero attached hydrogens (tertiary/aromatic N) is 2. The summed E-state index contributed by atoms with van der Waals surface area (Å²) in [5.41, 5.74) is 8.02. The Morgan fingerprint density at radius 2 is 2.22 bits per heavy atom. The van der Waals surface area contributed by atoms with Crippen LogP contribution in [0.4, 0.5) is 0 Å². The molecule has 23 heavy (non-hydrogen) atoms. The predicted molar refractivity (Wildman–Crippen MR) is 94.4 cm³/mol. The number of guanidine groups is 1. The number of hydrogen-bond donors (Lipinski definition) is 2. The number of hydrogen-bond acceptors (Lipinski definition) is 2. The van der Waals surface area contributed by atoms with Crippen molar-refractivity contribution in [3.8, 4) is 0 Å². The van der Waals surface area contributed by atoms with Gasteiger partial charge >= 0.3 is 0 Å². The number of aryl methyl sites for hydroxylation is 1. The third kappa shape index (κ3) is 5.27. The molecule has 1 heterocycles. The SMILES string of the molecule is CN=C(NCCc1ccccc1C)N1CCCC(CC(N)=O)C1. The van der Waals surface area contributed by atoms with E-state index < -0.39 is 0 Å². The molecule has 1 aliphatic rings. The zero-order chi connectivity index (χ0) is 16.7. The summed E-state index contributed by atoms with van der Waals surface area (Å²) in [4.78, 5) is 17.8. The van der Waals surface area contributed by atoms with Gasteiger partial charge in [-0.2, -0.15) is 0 Å². The molecule has 1 aromatic carbocycles. The minimum atomic E-state index is -0.209. The molecule has 0 aliphatic carbocycles. The number of rotatable bonds is 5. The van der Waals surface area contributed by atoms with Crippen LogP contribution in [0.1, 0.15) is 30.4 Å². The van der Waals surface area contributed by atoms with Gasteiger partial charge in [0.05, 0.1) is 0 Å². The number of amides is 1. The summed E-state index contributed by atoms with van der Waals surface area (Å²) in [5, 5.41) is 3.45. The van der Waals surface area contributed by atoms with E-state index in [0.717, 1.165) is 44.9 Å². The van der Waals surface area contributed by atoms with E-state index in [1.807, 2.05) is 7.05 Å². The maximum atomic E-state index is 11.1. The molecule has 0 bridgehead atoms. The van der Waals surface area contributed by atoms with Crippen LogP contribution in [0, 0.1) is 12.8 Å². The van der Waals surface area contributed by atoms with Crippen LogP contribution in [-0.2, 0) is 11.2 Å². The molecule has 2 rings (SSSR count). The summed E-state index contributed by atoms with van der Waals surface area (Å²) in [6, 6.07) is 8.46. The lowest BCUT2D eigenvalue weighted by Gasteiger charge is -2.34. The maximum Gasteiger partial charge on any atom is 0.217 e. The molecule has 0 aromatic heterocycles. The third-order valence-electron chi connectivity index (χ3n) is 4.46. The Balaban J connectivity index is 1.85. The molecule has 3 N–H and O–H groups in total. The fraction of sp³-hybridized carbons (Fsp3) is 0.556. The van der Waals surface area contributed by atoms with Gasteiger partial charge in [0.2, 0.25) is 5.91 Å². The highest BCUT2D eigenvalue weighted by atomic mass is 16.1. The lowest BCUT2D eigenvalue weighted by atomic mass is 9.95. The van der Waals surface area contributed by atoms with Gasteiger partial charge in [-0.05, 0) is 43.2 Å². The summed E-state index contributed by atoms with van der Waals surface area (Å²) >= 11 is 0. The molecular weight excluding hydrogens is 288 g/mol. The van der Waals surface area contributed by atoms with Crippen LogP contribution < -0.4 is 11.1 Å². The van der Waals surface area contributed by atoms with Crippen LogP contribution in [-0.4, -0.2) is 43.4 Å². The van der Waals surface area contributed by atoms with Gasteiger partial charge in [0, 0.05) is 33.1 Å². The summed E-state index contributed by atoms with van der Waals surface area (Å²) in [6.07, 6.45) is 3.59. The molecule has 1 saturated heterocycles. The normalized spacial score (nSPS) is 18.8. The third-order valence-corrected chi connectivity index (χ3v) is 4.46. The van der Waals surface area contributed by atoms with E-state index in [9.17, 15) is 4.79 Å². The Labute approximate surface area is 139 Å². The van der Waals surface area contributed by atoms with Crippen LogP contribution in [0.3, 0.4) is 0 Å². The van der Waals surface area contributed by atoms with Crippen molar-refractivity contribution in [2.45, 2.75) is 32.6 Å². The highest BCUT2D eigenvalue weighted by molar-refractivity contribution is 5.80. The number of nitrogens with one attached hydrogen (secondary N) is 1. The molecule has 126 valence electrons. The number of aliphatic imine (C=N–C) groups is 1. The van der Waals surface area contributed by atoms with Crippen molar-refractivity contribution in [2.75, 3.05) is 26.7 Å². The number of carbonyl (C=O) groups is 1. The lowest BCUT2D eigenvalue weighted by molar-refractivity contribution is -0.119. The molecule has 0 spiro atoms. The second-order valence-corrected chi connectivity index (χ2v) is 6.28. The van der Waals surface area contributed by atoms with E-state index in [1.165, 1.54) is 11.1 Å². The smallest absolute Gasteiger partial charge is 0.217 e. The van der Waals surface area contributed by atoms with Crippen molar-refractivity contribution in [2.24, 2.45) is 16.6 Å². The first kappa shape index (κ1) is 17.3. The van der Waals surface area contributed by atoms with Gasteiger partial charge < -0.3 is 16.0 Å². The molecule has 1 fully saturated rings. The van der Waals surface area contributed by atoms with Crippen molar-refractivity contribution < 1.29 is 4.79 Å². The van der Waals surface area contributed by atoms with E-state index >= 15 is 0 Å². The first-order valence-electron chi connectivity index (χ1n) is 8.38. The van der Waals surface area contributed by atoms with Crippen molar-refractivity contribution in [1.29, 1.82) is 0 Å². The van der Waals surface area contributed by atoms with Crippen LogP contribution in [0.15, 0.2) is 29.3 Å². The number of carbonyl (C=O) groups excluding carboxylic acids is 1. The molecule has 1 aromatic rings. The quantitative estimate of drug-likeness (QED) is 0.641. The summed E-state index contributed by atoms with van der Waals surface area (Å²) in [6.45, 7) is 4.84. The van der Waals surface area contributed by atoms with E-state index in [-0.39, 0.29) is 5.91 Å². The Bertz CT molecular complexity index is 556. The topological polar surface area (TPSA) is 70.7 Å². The predicted octanol–water partition coefficient (Wildman–Crippen LogP) is 1.70. The van der Waals surface area contributed by atoms with Crippen molar-refractivity contribution in [3.05, 3.63) is 35.4 Å². The molecule has 5 nitrogen and oxygen atoms in total. The van der Waals surface area contributed by atoms with E-state index in [0.29, 0.717) is 12.3 Å². The first-order valence-corrected chi connectivity index (χ1v) is 8.38. The lowest BCUT2D eigenvalue weighted by Crippen LogP contribution is -2.47. The van der Waals surface area contributed by atoms with E-state index in [2.05, 4.69) is 46.4 Å². The highest BCUT2D eigenvalue weighted by Gasteiger charge is 2.23. The number of primary amides is 1. The summed E-state index contributed by atoms with van der Waals surface area (Å²) in [5.74, 6) is 1.06. The Morgan fingerprint density at radius 1 is 1.43 bits per heavy atom. The first-order chi connectivity index (χ1) is 11.1. The number of benzene rings is 1. The number of likely N-dealkylation sites (tertiary alicyclic amines) is 1. The molecule has 1 aliphatic heterocycles. The zero-order valence-electron chi connectivity index (χ0n) is 14.2. The van der Waals surface area contributed by atoms with E-state index in [1.54, 1.807) is 0 Å². The van der Waals surface area contributed by atoms with Crippen LogP contribution >= 0.6 is 0 Å². The van der Waals surface area contributed by atoms with Crippen molar-refractivity contribution in [1.82, 2.24) is 10.2 Å². The molecule has 0 radical (unpaired) electrons. The van der Waals surface area contributed by atoms with Crippen LogP contribution in [0.2, 0.25) is 0 Å². The number of nitrogens with two attached hydrogens (primary N) is 1. The van der Waals surface area contributed by atoms with Crippen molar-refractivity contribution in [3.63, 3.8) is 0 Å². The zero-order valence-corrected chi connectivity index (χ0v) is 14.2. The molecule has 0 saturated carbocycles. The fourth-order valence-corrected chi connectivity index (χ4v) is 3.24. The standard InChI is InChI=1S/C18H28N4O/c1-14-6-3-4-8-16(14)9-10-21-18(20-2)22-11-5-7-15(13-22)12-17(19)23/h3-4,6,8,15H,5,7,9-13H2,1-2H3,(H2,19,23)(H,20,21). The number of piperidine rings is 1. The van der Waals surface area contributed by atoms with Gasteiger partial charge in [0.15, 0.2) is 5.96 Å². The average Bonchev–Trinajstić information content (AvgIpc) is 2.53. The minimum absolute atomic E-state index is 0.209. The summed E-state index contributed by atoms with van der Waals surface area (Å²) in [7, 11) is 1.81. The molecular formula is C18H28N4O. The van der Waals surface area contributed by atoms with Gasteiger partial charge in [0.1, 0.15) is 0 Å². The monoisotopic (exact) mass is 316 g/mol. The van der Waals surface area contributed by atoms with Gasteiger partial charge in [0.25, 0.3) is 0 Å².